The van der Waals surface area contributed by atoms with Gasteiger partial charge in [-0.15, -0.1) is 0 Å². The van der Waals surface area contributed by atoms with Gasteiger partial charge in [0.15, 0.2) is 0 Å². The Morgan fingerprint density at radius 1 is 1.56 bits per heavy atom. The second-order valence-corrected chi connectivity index (χ2v) is 1.90. The van der Waals surface area contributed by atoms with Gasteiger partial charge in [0.2, 0.25) is 0 Å². The number of carbonyl (C=O) groups excluding carboxylic acids is 1. The van der Waals surface area contributed by atoms with E-state index in [1.807, 2.05) is 13.8 Å². The lowest BCUT2D eigenvalue weighted by molar-refractivity contribution is 0.204. The van der Waals surface area contributed by atoms with Crippen LogP contribution in [0.3, 0.4) is 0 Å². The lowest BCUT2D eigenvalue weighted by atomic mass is 10.6. The molecule has 0 aromatic carbocycles. The van der Waals surface area contributed by atoms with Gasteiger partial charge in [0.25, 0.3) is 0 Å². The lowest BCUT2D eigenvalue weighted by Crippen LogP contribution is -2.38. The van der Waals surface area contributed by atoms with E-state index >= 15 is 0 Å². The van der Waals surface area contributed by atoms with Gasteiger partial charge in [0.1, 0.15) is 0 Å². The molecule has 0 fully saturated rings. The Morgan fingerprint density at radius 2 is 2.00 bits per heavy atom. The molecule has 54 valence electrons. The van der Waals surface area contributed by atoms with Crippen LogP contribution in [-0.4, -0.2) is 23.5 Å². The molecule has 0 atom stereocenters. The van der Waals surface area contributed by atoms with Gasteiger partial charge in [-0.1, -0.05) is 13.8 Å². The van der Waals surface area contributed by atoms with Crippen LogP contribution in [-0.2, 0) is 0 Å². The number of hydrogen-bond acceptors (Lipinski definition) is 2. The summed E-state index contributed by atoms with van der Waals surface area (Å²) in [7, 11) is 0. The maximum atomic E-state index is 10.2. The van der Waals surface area contributed by atoms with E-state index in [1.54, 1.807) is 5.01 Å². The average Bonchev–Trinajstić information content (AvgIpc) is 1.82. The molecule has 0 radical (unpaired) electrons. The summed E-state index contributed by atoms with van der Waals surface area (Å²) >= 11 is 5.04. The van der Waals surface area contributed by atoms with Crippen LogP contribution in [0.1, 0.15) is 13.8 Å². The molecule has 0 aliphatic rings. The fourth-order valence-corrected chi connectivity index (χ4v) is 0.626. The Balaban J connectivity index is 3.43. The molecule has 0 unspecified atom stereocenters. The molecular formula is C5H11ClN2O. The third-order valence-electron chi connectivity index (χ3n) is 1.01. The molecule has 1 N–H and O–H groups in total. The number of nitrogens with zero attached hydrogens (tertiary/aromatic N) is 1. The van der Waals surface area contributed by atoms with E-state index in [-0.39, 0.29) is 0 Å². The predicted octanol–water partition coefficient (Wildman–Crippen LogP) is 1.19. The average molecular weight is 151 g/mol. The van der Waals surface area contributed by atoms with Gasteiger partial charge < -0.3 is 0 Å². The van der Waals surface area contributed by atoms with E-state index in [0.717, 1.165) is 13.1 Å². The van der Waals surface area contributed by atoms with Crippen LogP contribution < -0.4 is 5.43 Å². The number of halogens is 1. The molecule has 1 amide bonds. The Morgan fingerprint density at radius 3 is 2.11 bits per heavy atom. The molecule has 0 spiro atoms. The van der Waals surface area contributed by atoms with E-state index in [2.05, 4.69) is 5.43 Å². The van der Waals surface area contributed by atoms with Crippen molar-refractivity contribution in [3.05, 3.63) is 0 Å². The molecule has 0 aliphatic heterocycles. The number of rotatable bonds is 3. The van der Waals surface area contributed by atoms with Crippen molar-refractivity contribution in [3.8, 4) is 0 Å². The first-order valence-corrected chi connectivity index (χ1v) is 3.29. The SMILES string of the molecule is CCN(CC)NC(=O)Cl. The van der Waals surface area contributed by atoms with Crippen molar-refractivity contribution < 1.29 is 4.79 Å². The Hall–Kier alpha value is -0.280. The summed E-state index contributed by atoms with van der Waals surface area (Å²) in [5.74, 6) is 0. The van der Waals surface area contributed by atoms with E-state index in [0.29, 0.717) is 0 Å². The standard InChI is InChI=1S/C5H11ClN2O/c1-3-8(4-2)7-5(6)9/h3-4H2,1-2H3,(H,7,9). The maximum absolute atomic E-state index is 10.2. The zero-order chi connectivity index (χ0) is 7.28. The van der Waals surface area contributed by atoms with Gasteiger partial charge in [-0.05, 0) is 11.6 Å². The molecule has 3 nitrogen and oxygen atoms in total. The van der Waals surface area contributed by atoms with Gasteiger partial charge in [-0.2, -0.15) is 0 Å². The first-order chi connectivity index (χ1) is 4.20. The molecule has 0 aromatic rings. The van der Waals surface area contributed by atoms with Gasteiger partial charge in [0, 0.05) is 13.1 Å². The summed E-state index contributed by atoms with van der Waals surface area (Å²) in [4.78, 5) is 10.2. The second-order valence-electron chi connectivity index (χ2n) is 1.56. The van der Waals surface area contributed by atoms with Crippen molar-refractivity contribution in [1.29, 1.82) is 0 Å². The summed E-state index contributed by atoms with van der Waals surface area (Å²) < 4.78 is 0. The number of carbonyl (C=O) groups is 1. The Labute approximate surface area is 59.9 Å². The monoisotopic (exact) mass is 150 g/mol. The number of hydrazine groups is 1. The minimum absolute atomic E-state index is 0.529. The van der Waals surface area contributed by atoms with Crippen LogP contribution in [0.4, 0.5) is 4.79 Å². The highest BCUT2D eigenvalue weighted by molar-refractivity contribution is 6.62. The molecule has 9 heavy (non-hydrogen) atoms. The van der Waals surface area contributed by atoms with Gasteiger partial charge in [-0.25, -0.2) is 5.01 Å². The Bertz CT molecular complexity index is 93.0. The smallest absolute Gasteiger partial charge is 0.275 e. The molecule has 0 heterocycles. The molecule has 4 heteroatoms. The third-order valence-corrected chi connectivity index (χ3v) is 1.09. The highest BCUT2D eigenvalue weighted by Gasteiger charge is 1.99. The molecule has 0 saturated carbocycles. The number of hydrogen-bond donors (Lipinski definition) is 1. The van der Waals surface area contributed by atoms with Gasteiger partial charge >= 0.3 is 5.37 Å². The first-order valence-electron chi connectivity index (χ1n) is 2.91. The predicted molar refractivity (Wildman–Crippen MR) is 37.3 cm³/mol. The summed E-state index contributed by atoms with van der Waals surface area (Å²) in [5.41, 5.74) is 2.44. The zero-order valence-electron chi connectivity index (χ0n) is 5.65. The summed E-state index contributed by atoms with van der Waals surface area (Å²) in [6.45, 7) is 5.43. The van der Waals surface area contributed by atoms with Crippen LogP contribution in [0.2, 0.25) is 0 Å². The minimum atomic E-state index is -0.529. The highest BCUT2D eigenvalue weighted by atomic mass is 35.5. The summed E-state index contributed by atoms with van der Waals surface area (Å²) in [6.07, 6.45) is 0. The molecule has 0 aliphatic carbocycles. The van der Waals surface area contributed by atoms with Crippen LogP contribution in [0.25, 0.3) is 0 Å². The van der Waals surface area contributed by atoms with Gasteiger partial charge in [-0.3, -0.25) is 10.2 Å². The fourth-order valence-electron chi connectivity index (χ4n) is 0.506. The molecule has 0 aromatic heterocycles. The highest BCUT2D eigenvalue weighted by Crippen LogP contribution is 1.83. The van der Waals surface area contributed by atoms with Crippen molar-refractivity contribution in [3.63, 3.8) is 0 Å². The normalized spacial score (nSPS) is 9.78. The van der Waals surface area contributed by atoms with Crippen molar-refractivity contribution in [2.24, 2.45) is 0 Å². The van der Waals surface area contributed by atoms with Gasteiger partial charge in [0.05, 0.1) is 0 Å². The van der Waals surface area contributed by atoms with Crippen LogP contribution in [0.5, 0.6) is 0 Å². The van der Waals surface area contributed by atoms with E-state index in [1.165, 1.54) is 0 Å². The summed E-state index contributed by atoms with van der Waals surface area (Å²) in [5, 5.41) is 1.19. The molecule has 0 bridgehead atoms. The summed E-state index contributed by atoms with van der Waals surface area (Å²) in [6, 6.07) is 0. The molecular weight excluding hydrogens is 140 g/mol. The molecule has 0 saturated heterocycles. The topological polar surface area (TPSA) is 32.3 Å². The third kappa shape index (κ3) is 4.24. The van der Waals surface area contributed by atoms with Crippen LogP contribution in [0.15, 0.2) is 0 Å². The van der Waals surface area contributed by atoms with E-state index in [4.69, 9.17) is 11.6 Å². The van der Waals surface area contributed by atoms with Crippen molar-refractivity contribution in [1.82, 2.24) is 10.4 Å². The Kier molecular flexibility index (Phi) is 4.44. The van der Waals surface area contributed by atoms with Crippen LogP contribution in [0, 0.1) is 0 Å². The quantitative estimate of drug-likeness (QED) is 0.373. The minimum Gasteiger partial charge on any atom is -0.275 e. The first kappa shape index (κ1) is 8.72. The maximum Gasteiger partial charge on any atom is 0.328 e. The van der Waals surface area contributed by atoms with Crippen molar-refractivity contribution >= 4 is 17.0 Å². The van der Waals surface area contributed by atoms with E-state index < -0.39 is 5.37 Å². The van der Waals surface area contributed by atoms with Crippen LogP contribution >= 0.6 is 11.6 Å². The number of nitrogens with one attached hydrogen (secondary N) is 1. The second kappa shape index (κ2) is 4.58. The van der Waals surface area contributed by atoms with E-state index in [9.17, 15) is 4.79 Å². The zero-order valence-corrected chi connectivity index (χ0v) is 6.40. The molecule has 0 rings (SSSR count). The van der Waals surface area contributed by atoms with Crippen molar-refractivity contribution in [2.45, 2.75) is 13.8 Å². The van der Waals surface area contributed by atoms with Crippen molar-refractivity contribution in [2.75, 3.05) is 13.1 Å². The largest absolute Gasteiger partial charge is 0.328 e. The fraction of sp³-hybridized carbons (Fsp3) is 0.800. The number of amides is 1. The lowest BCUT2D eigenvalue weighted by Gasteiger charge is -2.16.